The molecular formula is C26H22I2N2O3. The van der Waals surface area contributed by atoms with Gasteiger partial charge in [-0.15, -0.1) is 0 Å². The van der Waals surface area contributed by atoms with Crippen molar-refractivity contribution in [2.75, 3.05) is 12.4 Å². The highest BCUT2D eigenvalue weighted by atomic mass is 127. The number of halogens is 2. The molecule has 0 aliphatic heterocycles. The lowest BCUT2D eigenvalue weighted by molar-refractivity contribution is -0.112. The Kier molecular flexibility index (Phi) is 8.74. The number of ether oxygens (including phenoxy) is 2. The first-order valence-electron chi connectivity index (χ1n) is 10.1. The normalized spacial score (nSPS) is 11.0. The molecule has 3 aromatic rings. The predicted molar refractivity (Wildman–Crippen MR) is 147 cm³/mol. The van der Waals surface area contributed by atoms with Crippen LogP contribution in [-0.2, 0) is 11.4 Å². The van der Waals surface area contributed by atoms with Crippen molar-refractivity contribution in [2.24, 2.45) is 0 Å². The van der Waals surface area contributed by atoms with Crippen molar-refractivity contribution < 1.29 is 14.3 Å². The number of hydrogen-bond acceptors (Lipinski definition) is 4. The molecule has 0 saturated heterocycles. The number of amides is 1. The number of nitriles is 1. The Morgan fingerprint density at radius 2 is 1.82 bits per heavy atom. The van der Waals surface area contributed by atoms with Gasteiger partial charge in [-0.25, -0.2) is 0 Å². The number of carbonyl (C=O) groups is 1. The Hall–Kier alpha value is -2.58. The molecule has 0 aliphatic carbocycles. The summed E-state index contributed by atoms with van der Waals surface area (Å²) in [6.45, 7) is 4.26. The molecule has 0 radical (unpaired) electrons. The molecule has 1 amide bonds. The van der Waals surface area contributed by atoms with Gasteiger partial charge in [0.1, 0.15) is 18.2 Å². The van der Waals surface area contributed by atoms with Crippen LogP contribution in [0, 0.1) is 32.3 Å². The fourth-order valence-electron chi connectivity index (χ4n) is 3.07. The molecule has 0 aliphatic rings. The standard InChI is InChI=1S/C26H22I2N2O3/c1-16-4-5-17(2)23(10-16)30-26(31)20(14-29)11-19-12-22(28)25(24(13-19)32-3)33-15-18-6-8-21(27)9-7-18/h4-13H,15H2,1-3H3,(H,30,31)/b20-11+. The Morgan fingerprint density at radius 1 is 1.09 bits per heavy atom. The van der Waals surface area contributed by atoms with Gasteiger partial charge in [0.2, 0.25) is 0 Å². The summed E-state index contributed by atoms with van der Waals surface area (Å²) >= 11 is 4.43. The van der Waals surface area contributed by atoms with E-state index in [-0.39, 0.29) is 5.57 Å². The van der Waals surface area contributed by atoms with Gasteiger partial charge in [-0.2, -0.15) is 5.26 Å². The van der Waals surface area contributed by atoms with Crippen LogP contribution in [0.1, 0.15) is 22.3 Å². The number of methoxy groups -OCH3 is 1. The zero-order valence-corrected chi connectivity index (χ0v) is 22.7. The fraction of sp³-hybridized carbons (Fsp3) is 0.154. The number of nitrogens with one attached hydrogen (secondary N) is 1. The first-order chi connectivity index (χ1) is 15.8. The Bertz CT molecular complexity index is 1250. The first kappa shape index (κ1) is 25.1. The van der Waals surface area contributed by atoms with E-state index in [2.05, 4.69) is 50.5 Å². The van der Waals surface area contributed by atoms with Crippen molar-refractivity contribution in [1.29, 1.82) is 5.26 Å². The second-order valence-electron chi connectivity index (χ2n) is 7.39. The van der Waals surface area contributed by atoms with E-state index in [4.69, 9.17) is 9.47 Å². The molecule has 0 aromatic heterocycles. The van der Waals surface area contributed by atoms with Crippen molar-refractivity contribution in [3.8, 4) is 17.6 Å². The quantitative estimate of drug-likeness (QED) is 0.175. The second kappa shape index (κ2) is 11.5. The van der Waals surface area contributed by atoms with Crippen molar-refractivity contribution in [3.63, 3.8) is 0 Å². The van der Waals surface area contributed by atoms with Gasteiger partial charge in [0.25, 0.3) is 5.91 Å². The van der Waals surface area contributed by atoms with Gasteiger partial charge in [0.15, 0.2) is 11.5 Å². The number of nitrogens with zero attached hydrogens (tertiary/aromatic N) is 1. The van der Waals surface area contributed by atoms with Crippen molar-refractivity contribution in [3.05, 3.63) is 89.6 Å². The number of rotatable bonds is 7. The summed E-state index contributed by atoms with van der Waals surface area (Å²) < 4.78 is 13.5. The Labute approximate surface area is 221 Å². The molecule has 0 fully saturated rings. The van der Waals surface area contributed by atoms with Gasteiger partial charge in [-0.3, -0.25) is 4.79 Å². The molecule has 1 N–H and O–H groups in total. The summed E-state index contributed by atoms with van der Waals surface area (Å²) in [5.41, 5.74) is 4.36. The van der Waals surface area contributed by atoms with E-state index in [9.17, 15) is 10.1 Å². The third-order valence-electron chi connectivity index (χ3n) is 4.87. The van der Waals surface area contributed by atoms with E-state index in [0.717, 1.165) is 23.8 Å². The van der Waals surface area contributed by atoms with Gasteiger partial charge in [0.05, 0.1) is 10.7 Å². The Balaban J connectivity index is 1.83. The SMILES string of the molecule is COc1cc(/C=C(\C#N)C(=O)Nc2cc(C)ccc2C)cc(I)c1OCc1ccc(I)cc1. The number of hydrogen-bond donors (Lipinski definition) is 1. The monoisotopic (exact) mass is 664 g/mol. The number of anilines is 1. The van der Waals surface area contributed by atoms with E-state index in [1.807, 2.05) is 68.4 Å². The van der Waals surface area contributed by atoms with Crippen molar-refractivity contribution in [1.82, 2.24) is 0 Å². The molecule has 0 unspecified atom stereocenters. The third-order valence-corrected chi connectivity index (χ3v) is 6.39. The number of aryl methyl sites for hydroxylation is 2. The molecular weight excluding hydrogens is 642 g/mol. The predicted octanol–water partition coefficient (Wildman–Crippen LogP) is 6.65. The Morgan fingerprint density at radius 3 is 2.48 bits per heavy atom. The molecule has 0 bridgehead atoms. The maximum Gasteiger partial charge on any atom is 0.266 e. The van der Waals surface area contributed by atoms with Crippen LogP contribution in [0.15, 0.2) is 60.2 Å². The molecule has 0 saturated carbocycles. The molecule has 0 heterocycles. The summed E-state index contributed by atoms with van der Waals surface area (Å²) in [4.78, 5) is 12.7. The van der Waals surface area contributed by atoms with Crippen LogP contribution in [-0.4, -0.2) is 13.0 Å². The van der Waals surface area contributed by atoms with E-state index in [0.29, 0.717) is 29.4 Å². The molecule has 0 atom stereocenters. The lowest BCUT2D eigenvalue weighted by atomic mass is 10.1. The van der Waals surface area contributed by atoms with Crippen LogP contribution in [0.4, 0.5) is 5.69 Å². The first-order valence-corrected chi connectivity index (χ1v) is 12.2. The molecule has 33 heavy (non-hydrogen) atoms. The summed E-state index contributed by atoms with van der Waals surface area (Å²) in [6.07, 6.45) is 1.55. The van der Waals surface area contributed by atoms with E-state index >= 15 is 0 Å². The van der Waals surface area contributed by atoms with E-state index in [1.54, 1.807) is 19.3 Å². The average molecular weight is 664 g/mol. The van der Waals surface area contributed by atoms with Crippen LogP contribution in [0.2, 0.25) is 0 Å². The third kappa shape index (κ3) is 6.71. The minimum Gasteiger partial charge on any atom is -0.493 e. The lowest BCUT2D eigenvalue weighted by Gasteiger charge is -2.14. The summed E-state index contributed by atoms with van der Waals surface area (Å²) in [6, 6.07) is 19.5. The smallest absolute Gasteiger partial charge is 0.266 e. The topological polar surface area (TPSA) is 71.3 Å². The summed E-state index contributed by atoms with van der Waals surface area (Å²) in [5.74, 6) is 0.692. The van der Waals surface area contributed by atoms with E-state index in [1.165, 1.54) is 0 Å². The van der Waals surface area contributed by atoms with Gasteiger partial charge in [-0.05, 0) is 118 Å². The van der Waals surface area contributed by atoms with Crippen molar-refractivity contribution in [2.45, 2.75) is 20.5 Å². The largest absolute Gasteiger partial charge is 0.493 e. The van der Waals surface area contributed by atoms with Gasteiger partial charge < -0.3 is 14.8 Å². The molecule has 5 nitrogen and oxygen atoms in total. The highest BCUT2D eigenvalue weighted by Gasteiger charge is 2.15. The summed E-state index contributed by atoms with van der Waals surface area (Å²) in [7, 11) is 1.56. The highest BCUT2D eigenvalue weighted by molar-refractivity contribution is 14.1. The van der Waals surface area contributed by atoms with Gasteiger partial charge in [0, 0.05) is 9.26 Å². The molecule has 7 heteroatoms. The van der Waals surface area contributed by atoms with Crippen LogP contribution in [0.25, 0.3) is 6.08 Å². The molecule has 0 spiro atoms. The lowest BCUT2D eigenvalue weighted by Crippen LogP contribution is -2.14. The minimum atomic E-state index is -0.459. The molecule has 3 aromatic carbocycles. The molecule has 168 valence electrons. The van der Waals surface area contributed by atoms with Crippen LogP contribution in [0.3, 0.4) is 0 Å². The van der Waals surface area contributed by atoms with E-state index < -0.39 is 5.91 Å². The van der Waals surface area contributed by atoms with Crippen LogP contribution < -0.4 is 14.8 Å². The molecule has 3 rings (SSSR count). The van der Waals surface area contributed by atoms with Crippen LogP contribution >= 0.6 is 45.2 Å². The van der Waals surface area contributed by atoms with Crippen molar-refractivity contribution >= 4 is 62.9 Å². The fourth-order valence-corrected chi connectivity index (χ4v) is 4.22. The van der Waals surface area contributed by atoms with Crippen LogP contribution in [0.5, 0.6) is 11.5 Å². The van der Waals surface area contributed by atoms with Gasteiger partial charge >= 0.3 is 0 Å². The minimum absolute atomic E-state index is 0.00122. The second-order valence-corrected chi connectivity index (χ2v) is 9.80. The van der Waals surface area contributed by atoms with Gasteiger partial charge in [-0.1, -0.05) is 24.3 Å². The zero-order valence-electron chi connectivity index (χ0n) is 18.4. The number of benzene rings is 3. The highest BCUT2D eigenvalue weighted by Crippen LogP contribution is 2.35. The zero-order chi connectivity index (χ0) is 24.0. The summed E-state index contributed by atoms with van der Waals surface area (Å²) in [5, 5.41) is 12.4. The maximum absolute atomic E-state index is 12.7. The maximum atomic E-state index is 12.7. The number of carbonyl (C=O) groups excluding carboxylic acids is 1. The average Bonchev–Trinajstić information content (AvgIpc) is 2.79.